The van der Waals surface area contributed by atoms with E-state index in [1.165, 1.54) is 18.5 Å². The maximum atomic E-state index is 13.5. The monoisotopic (exact) mass is 303 g/mol. The zero-order chi connectivity index (χ0) is 15.5. The van der Waals surface area contributed by atoms with Gasteiger partial charge in [-0.15, -0.1) is 0 Å². The van der Waals surface area contributed by atoms with Crippen molar-refractivity contribution in [3.05, 3.63) is 30.3 Å². The number of fused-ring (bicyclic) bond motifs is 1. The second kappa shape index (κ2) is 6.54. The molecule has 0 unspecified atom stereocenters. The van der Waals surface area contributed by atoms with Gasteiger partial charge in [0, 0.05) is 44.2 Å². The zero-order valence-corrected chi connectivity index (χ0v) is 13.1. The van der Waals surface area contributed by atoms with Crippen LogP contribution in [0.1, 0.15) is 6.92 Å². The topological polar surface area (TPSA) is 44.3 Å². The van der Waals surface area contributed by atoms with Gasteiger partial charge in [-0.05, 0) is 32.2 Å². The minimum absolute atomic E-state index is 0.241. The molecule has 0 saturated carbocycles. The van der Waals surface area contributed by atoms with Gasteiger partial charge in [-0.3, -0.25) is 4.90 Å². The molecule has 1 aromatic heterocycles. The van der Waals surface area contributed by atoms with Crippen LogP contribution in [0.15, 0.2) is 24.5 Å². The molecular formula is C16H22FN5. The van der Waals surface area contributed by atoms with Crippen molar-refractivity contribution >= 4 is 16.7 Å². The molecule has 0 aliphatic carbocycles. The molecule has 3 rings (SSSR count). The van der Waals surface area contributed by atoms with Crippen molar-refractivity contribution in [3.63, 3.8) is 0 Å². The molecule has 22 heavy (non-hydrogen) atoms. The molecule has 0 bridgehead atoms. The number of nitrogens with one attached hydrogen (secondary N) is 1. The Hall–Kier alpha value is -1.79. The molecule has 0 spiro atoms. The van der Waals surface area contributed by atoms with Gasteiger partial charge in [0.05, 0.1) is 5.52 Å². The third-order valence-electron chi connectivity index (χ3n) is 4.11. The Morgan fingerprint density at radius 3 is 2.77 bits per heavy atom. The summed E-state index contributed by atoms with van der Waals surface area (Å²) >= 11 is 0. The lowest BCUT2D eigenvalue weighted by Gasteiger charge is -2.34. The van der Waals surface area contributed by atoms with Crippen molar-refractivity contribution in [2.45, 2.75) is 13.0 Å². The Balaban J connectivity index is 1.68. The van der Waals surface area contributed by atoms with E-state index in [-0.39, 0.29) is 11.9 Å². The van der Waals surface area contributed by atoms with Crippen LogP contribution >= 0.6 is 0 Å². The fourth-order valence-corrected chi connectivity index (χ4v) is 2.84. The highest BCUT2D eigenvalue weighted by molar-refractivity contribution is 5.88. The van der Waals surface area contributed by atoms with Gasteiger partial charge in [0.15, 0.2) is 0 Å². The first kappa shape index (κ1) is 15.1. The van der Waals surface area contributed by atoms with Crippen LogP contribution in [-0.2, 0) is 0 Å². The van der Waals surface area contributed by atoms with Crippen molar-refractivity contribution in [2.75, 3.05) is 45.1 Å². The van der Waals surface area contributed by atoms with Crippen LogP contribution < -0.4 is 5.32 Å². The van der Waals surface area contributed by atoms with Crippen LogP contribution in [0, 0.1) is 5.82 Å². The molecule has 6 heteroatoms. The van der Waals surface area contributed by atoms with E-state index in [0.717, 1.165) is 43.6 Å². The highest BCUT2D eigenvalue weighted by Gasteiger charge is 2.16. The molecule has 1 fully saturated rings. The number of anilines is 1. The molecule has 2 heterocycles. The van der Waals surface area contributed by atoms with E-state index in [2.05, 4.69) is 39.1 Å². The highest BCUT2D eigenvalue weighted by atomic mass is 19.1. The maximum absolute atomic E-state index is 13.5. The molecule has 2 aromatic rings. The Labute approximate surface area is 130 Å². The van der Waals surface area contributed by atoms with Gasteiger partial charge in [0.25, 0.3) is 0 Å². The third kappa shape index (κ3) is 3.51. The minimum Gasteiger partial charge on any atom is -0.366 e. The van der Waals surface area contributed by atoms with Crippen molar-refractivity contribution in [3.8, 4) is 0 Å². The summed E-state index contributed by atoms with van der Waals surface area (Å²) in [5, 5.41) is 4.13. The van der Waals surface area contributed by atoms with E-state index in [1.54, 1.807) is 6.07 Å². The van der Waals surface area contributed by atoms with Gasteiger partial charge < -0.3 is 10.2 Å². The van der Waals surface area contributed by atoms with Gasteiger partial charge in [-0.2, -0.15) is 0 Å². The molecule has 0 radical (unpaired) electrons. The maximum Gasteiger partial charge on any atom is 0.137 e. The van der Waals surface area contributed by atoms with E-state index in [0.29, 0.717) is 5.82 Å². The molecular weight excluding hydrogens is 281 g/mol. The van der Waals surface area contributed by atoms with E-state index in [9.17, 15) is 4.39 Å². The number of rotatable bonds is 4. The third-order valence-corrected chi connectivity index (χ3v) is 4.11. The Kier molecular flexibility index (Phi) is 4.49. The second-order valence-corrected chi connectivity index (χ2v) is 6.03. The summed E-state index contributed by atoms with van der Waals surface area (Å²) < 4.78 is 13.5. The van der Waals surface area contributed by atoms with Gasteiger partial charge in [0.1, 0.15) is 18.0 Å². The van der Waals surface area contributed by atoms with Gasteiger partial charge in [0.2, 0.25) is 0 Å². The predicted molar refractivity (Wildman–Crippen MR) is 86.5 cm³/mol. The van der Waals surface area contributed by atoms with Crippen LogP contribution in [0.25, 0.3) is 10.9 Å². The lowest BCUT2D eigenvalue weighted by Crippen LogP contribution is -2.47. The quantitative estimate of drug-likeness (QED) is 0.933. The number of halogens is 1. The van der Waals surface area contributed by atoms with E-state index in [1.807, 2.05) is 0 Å². The number of nitrogens with zero attached hydrogens (tertiary/aromatic N) is 4. The lowest BCUT2D eigenvalue weighted by atomic mass is 10.2. The number of aromatic nitrogens is 2. The number of benzene rings is 1. The first-order valence-corrected chi connectivity index (χ1v) is 7.69. The molecule has 1 aliphatic heterocycles. The van der Waals surface area contributed by atoms with Gasteiger partial charge in [-0.1, -0.05) is 0 Å². The Morgan fingerprint density at radius 2 is 2.00 bits per heavy atom. The normalized spacial score (nSPS) is 18.5. The van der Waals surface area contributed by atoms with Crippen molar-refractivity contribution < 1.29 is 4.39 Å². The summed E-state index contributed by atoms with van der Waals surface area (Å²) in [7, 11) is 2.15. The van der Waals surface area contributed by atoms with Crippen molar-refractivity contribution in [2.24, 2.45) is 0 Å². The smallest absolute Gasteiger partial charge is 0.137 e. The Bertz CT molecular complexity index is 639. The average molecular weight is 303 g/mol. The minimum atomic E-state index is -0.267. The van der Waals surface area contributed by atoms with E-state index in [4.69, 9.17) is 0 Å². The zero-order valence-electron chi connectivity index (χ0n) is 13.1. The SMILES string of the molecule is C[C@@H](CN1CCN(C)CC1)Nc1ncnc2ccc(F)cc12. The number of hydrogen-bond donors (Lipinski definition) is 1. The first-order valence-electron chi connectivity index (χ1n) is 7.69. The summed E-state index contributed by atoms with van der Waals surface area (Å²) in [5.41, 5.74) is 0.755. The lowest BCUT2D eigenvalue weighted by molar-refractivity contribution is 0.151. The molecule has 1 aromatic carbocycles. The standard InChI is InChI=1S/C16H22FN5/c1-12(10-22-7-5-21(2)6-8-22)20-16-14-9-13(17)3-4-15(14)18-11-19-16/h3-4,9,11-12H,5-8,10H2,1-2H3,(H,18,19,20)/t12-/m0/s1. The molecule has 1 atom stereocenters. The molecule has 5 nitrogen and oxygen atoms in total. The Morgan fingerprint density at radius 1 is 1.23 bits per heavy atom. The molecule has 0 amide bonds. The average Bonchev–Trinajstić information content (AvgIpc) is 2.50. The summed E-state index contributed by atoms with van der Waals surface area (Å²) in [6.45, 7) is 7.46. The van der Waals surface area contributed by atoms with Gasteiger partial charge in [-0.25, -0.2) is 14.4 Å². The predicted octanol–water partition coefficient (Wildman–Crippen LogP) is 1.82. The van der Waals surface area contributed by atoms with Crippen molar-refractivity contribution in [1.29, 1.82) is 0 Å². The molecule has 1 saturated heterocycles. The van der Waals surface area contributed by atoms with Crippen LogP contribution in [-0.4, -0.2) is 65.6 Å². The second-order valence-electron chi connectivity index (χ2n) is 6.03. The summed E-state index contributed by atoms with van der Waals surface area (Å²) in [4.78, 5) is 13.2. The van der Waals surface area contributed by atoms with Crippen LogP contribution in [0.4, 0.5) is 10.2 Å². The fourth-order valence-electron chi connectivity index (χ4n) is 2.84. The largest absolute Gasteiger partial charge is 0.366 e. The summed E-state index contributed by atoms with van der Waals surface area (Å²) in [5.74, 6) is 0.434. The van der Waals surface area contributed by atoms with E-state index >= 15 is 0 Å². The van der Waals surface area contributed by atoms with Crippen LogP contribution in [0.3, 0.4) is 0 Å². The fraction of sp³-hybridized carbons (Fsp3) is 0.500. The summed E-state index contributed by atoms with van der Waals surface area (Å²) in [6, 6.07) is 4.83. The highest BCUT2D eigenvalue weighted by Crippen LogP contribution is 2.20. The van der Waals surface area contributed by atoms with Crippen LogP contribution in [0.2, 0.25) is 0 Å². The molecule has 1 N–H and O–H groups in total. The number of likely N-dealkylation sites (N-methyl/N-ethyl adjacent to an activating group) is 1. The summed E-state index contributed by atoms with van der Waals surface area (Å²) in [6.07, 6.45) is 1.52. The van der Waals surface area contributed by atoms with Crippen molar-refractivity contribution in [1.82, 2.24) is 19.8 Å². The number of hydrogen-bond acceptors (Lipinski definition) is 5. The molecule has 1 aliphatic rings. The first-order chi connectivity index (χ1) is 10.6. The van der Waals surface area contributed by atoms with Crippen LogP contribution in [0.5, 0.6) is 0 Å². The van der Waals surface area contributed by atoms with E-state index < -0.39 is 0 Å². The molecule has 118 valence electrons. The van der Waals surface area contributed by atoms with Gasteiger partial charge >= 0.3 is 0 Å². The number of piperazine rings is 1.